The Bertz CT molecular complexity index is 1030. The molecule has 4 rings (SSSR count). The molecule has 0 spiro atoms. The molecule has 0 aliphatic heterocycles. The zero-order valence-electron chi connectivity index (χ0n) is 13.4. The van der Waals surface area contributed by atoms with Gasteiger partial charge in [0.15, 0.2) is 11.4 Å². The maximum Gasteiger partial charge on any atom is 0.272 e. The Balaban J connectivity index is 1.66. The molecule has 0 aliphatic carbocycles. The van der Waals surface area contributed by atoms with Crippen LogP contribution in [0.15, 0.2) is 44.3 Å². The molecular weight excluding hydrogens is 308 g/mol. The number of aromatic amines is 1. The maximum atomic E-state index is 12.3. The van der Waals surface area contributed by atoms with Crippen molar-refractivity contribution in [2.45, 2.75) is 26.7 Å². The minimum absolute atomic E-state index is 0.147. The number of nitrogens with zero attached hydrogens (tertiary/aromatic N) is 3. The van der Waals surface area contributed by atoms with Crippen molar-refractivity contribution < 1.29 is 8.94 Å². The number of hydrogen-bond donors (Lipinski definition) is 1. The molecular formula is C17H16N4O3. The molecule has 4 heterocycles. The smallest absolute Gasteiger partial charge is 0.272 e. The van der Waals surface area contributed by atoms with E-state index in [0.29, 0.717) is 23.5 Å². The van der Waals surface area contributed by atoms with Crippen LogP contribution in [-0.2, 0) is 12.8 Å². The third kappa shape index (κ3) is 2.44. The highest BCUT2D eigenvalue weighted by Crippen LogP contribution is 2.19. The molecule has 0 saturated carbocycles. The molecule has 0 unspecified atom stereocenters. The van der Waals surface area contributed by atoms with E-state index in [1.165, 1.54) is 4.52 Å². The molecule has 0 radical (unpaired) electrons. The van der Waals surface area contributed by atoms with Crippen molar-refractivity contribution in [3.8, 4) is 11.5 Å². The van der Waals surface area contributed by atoms with Crippen LogP contribution in [0.5, 0.6) is 0 Å². The lowest BCUT2D eigenvalue weighted by Gasteiger charge is -2.01. The highest BCUT2D eigenvalue weighted by molar-refractivity contribution is 5.58. The summed E-state index contributed by atoms with van der Waals surface area (Å²) in [6.45, 7) is 3.81. The number of nitrogens with one attached hydrogen (secondary N) is 1. The number of rotatable bonds is 4. The molecule has 0 fully saturated rings. The summed E-state index contributed by atoms with van der Waals surface area (Å²) in [5, 5.41) is 6.96. The molecule has 0 amide bonds. The van der Waals surface area contributed by atoms with Gasteiger partial charge in [0.2, 0.25) is 0 Å². The lowest BCUT2D eigenvalue weighted by molar-refractivity contribution is 0.392. The standard InChI is InChI=1S/C17H16N4O3/c1-10-13(11(2)24-20-10)6-5-12-8-17(22)21-16(18-12)9-14(19-21)15-4-3-7-23-15/h3-4,7-9,19H,5-6H2,1-2H3. The van der Waals surface area contributed by atoms with Gasteiger partial charge in [0.05, 0.1) is 12.0 Å². The average Bonchev–Trinajstić information content (AvgIpc) is 3.26. The zero-order valence-corrected chi connectivity index (χ0v) is 13.4. The lowest BCUT2D eigenvalue weighted by atomic mass is 10.1. The third-order valence-corrected chi connectivity index (χ3v) is 4.10. The van der Waals surface area contributed by atoms with Crippen LogP contribution in [0.1, 0.15) is 22.7 Å². The fourth-order valence-corrected chi connectivity index (χ4v) is 2.84. The molecule has 7 heteroatoms. The summed E-state index contributed by atoms with van der Waals surface area (Å²) in [5.41, 5.74) is 3.83. The molecule has 7 nitrogen and oxygen atoms in total. The number of hydrogen-bond acceptors (Lipinski definition) is 5. The minimum atomic E-state index is -0.147. The van der Waals surface area contributed by atoms with Crippen LogP contribution in [0.4, 0.5) is 0 Å². The zero-order chi connectivity index (χ0) is 16.7. The molecule has 0 saturated heterocycles. The van der Waals surface area contributed by atoms with Gasteiger partial charge in [0, 0.05) is 23.4 Å². The third-order valence-electron chi connectivity index (χ3n) is 4.10. The van der Waals surface area contributed by atoms with Crippen molar-refractivity contribution in [2.24, 2.45) is 0 Å². The van der Waals surface area contributed by atoms with Crippen LogP contribution in [-0.4, -0.2) is 19.8 Å². The van der Waals surface area contributed by atoms with Gasteiger partial charge in [-0.25, -0.2) is 9.50 Å². The van der Waals surface area contributed by atoms with Gasteiger partial charge in [0.1, 0.15) is 11.5 Å². The first-order valence-corrected chi connectivity index (χ1v) is 7.69. The van der Waals surface area contributed by atoms with Gasteiger partial charge >= 0.3 is 0 Å². The van der Waals surface area contributed by atoms with Gasteiger partial charge in [0.25, 0.3) is 5.56 Å². The van der Waals surface area contributed by atoms with Crippen molar-refractivity contribution in [1.29, 1.82) is 0 Å². The van der Waals surface area contributed by atoms with E-state index in [2.05, 4.69) is 15.2 Å². The van der Waals surface area contributed by atoms with Crippen molar-refractivity contribution in [2.75, 3.05) is 0 Å². The highest BCUT2D eigenvalue weighted by Gasteiger charge is 2.12. The summed E-state index contributed by atoms with van der Waals surface area (Å²) < 4.78 is 11.9. The molecule has 4 aromatic heterocycles. The molecule has 1 N–H and O–H groups in total. The molecule has 0 aromatic carbocycles. The monoisotopic (exact) mass is 324 g/mol. The normalized spacial score (nSPS) is 11.4. The van der Waals surface area contributed by atoms with Gasteiger partial charge in [-0.15, -0.1) is 0 Å². The van der Waals surface area contributed by atoms with Crippen molar-refractivity contribution >= 4 is 5.65 Å². The number of furan rings is 1. The van der Waals surface area contributed by atoms with E-state index in [9.17, 15) is 4.79 Å². The lowest BCUT2D eigenvalue weighted by Crippen LogP contribution is -2.15. The SMILES string of the molecule is Cc1noc(C)c1CCc1cc(=O)n2[nH]c(-c3ccco3)cc2n1. The van der Waals surface area contributed by atoms with Crippen LogP contribution in [0.2, 0.25) is 0 Å². The molecule has 0 bridgehead atoms. The highest BCUT2D eigenvalue weighted by atomic mass is 16.5. The van der Waals surface area contributed by atoms with Gasteiger partial charge in [-0.3, -0.25) is 9.89 Å². The fraction of sp³-hybridized carbons (Fsp3) is 0.235. The van der Waals surface area contributed by atoms with E-state index in [4.69, 9.17) is 8.94 Å². The first-order valence-electron chi connectivity index (χ1n) is 7.69. The number of aryl methyl sites for hydroxylation is 3. The van der Waals surface area contributed by atoms with E-state index >= 15 is 0 Å². The summed E-state index contributed by atoms with van der Waals surface area (Å²) in [7, 11) is 0. The molecule has 24 heavy (non-hydrogen) atoms. The Morgan fingerprint density at radius 2 is 2.12 bits per heavy atom. The van der Waals surface area contributed by atoms with Gasteiger partial charge < -0.3 is 8.94 Å². The Labute approximate surface area is 136 Å². The van der Waals surface area contributed by atoms with Crippen molar-refractivity contribution in [3.05, 3.63) is 63.6 Å². The minimum Gasteiger partial charge on any atom is -0.463 e. The number of aromatic nitrogens is 4. The molecule has 0 aliphatic rings. The quantitative estimate of drug-likeness (QED) is 0.623. The summed E-state index contributed by atoms with van der Waals surface area (Å²) >= 11 is 0. The molecule has 4 aromatic rings. The van der Waals surface area contributed by atoms with Gasteiger partial charge in [-0.1, -0.05) is 5.16 Å². The van der Waals surface area contributed by atoms with Crippen molar-refractivity contribution in [1.82, 2.24) is 19.8 Å². The van der Waals surface area contributed by atoms with Crippen LogP contribution in [0.3, 0.4) is 0 Å². The summed E-state index contributed by atoms with van der Waals surface area (Å²) in [4.78, 5) is 16.9. The van der Waals surface area contributed by atoms with E-state index < -0.39 is 0 Å². The molecule has 0 atom stereocenters. The Morgan fingerprint density at radius 3 is 2.83 bits per heavy atom. The predicted molar refractivity (Wildman–Crippen MR) is 86.9 cm³/mol. The van der Waals surface area contributed by atoms with E-state index in [0.717, 1.165) is 29.1 Å². The molecule has 122 valence electrons. The van der Waals surface area contributed by atoms with Crippen LogP contribution < -0.4 is 5.56 Å². The van der Waals surface area contributed by atoms with Crippen molar-refractivity contribution in [3.63, 3.8) is 0 Å². The Kier molecular flexibility index (Phi) is 3.34. The Hall–Kier alpha value is -3.09. The summed E-state index contributed by atoms with van der Waals surface area (Å²) in [6.07, 6.45) is 2.97. The maximum absolute atomic E-state index is 12.3. The Morgan fingerprint density at radius 1 is 1.25 bits per heavy atom. The second-order valence-electron chi connectivity index (χ2n) is 5.73. The van der Waals surface area contributed by atoms with Crippen LogP contribution in [0.25, 0.3) is 17.1 Å². The summed E-state index contributed by atoms with van der Waals surface area (Å²) in [6, 6.07) is 6.98. The topological polar surface area (TPSA) is 89.3 Å². The first-order chi connectivity index (χ1) is 11.6. The predicted octanol–water partition coefficient (Wildman–Crippen LogP) is 2.67. The van der Waals surface area contributed by atoms with Crippen LogP contribution in [0, 0.1) is 13.8 Å². The largest absolute Gasteiger partial charge is 0.463 e. The van der Waals surface area contributed by atoms with E-state index in [1.54, 1.807) is 24.5 Å². The van der Waals surface area contributed by atoms with E-state index in [-0.39, 0.29) is 5.56 Å². The first kappa shape index (κ1) is 14.5. The van der Waals surface area contributed by atoms with Gasteiger partial charge in [-0.05, 0) is 38.8 Å². The second kappa shape index (κ2) is 5.52. The van der Waals surface area contributed by atoms with E-state index in [1.807, 2.05) is 19.9 Å². The second-order valence-corrected chi connectivity index (χ2v) is 5.73. The van der Waals surface area contributed by atoms with Crippen LogP contribution >= 0.6 is 0 Å². The fourth-order valence-electron chi connectivity index (χ4n) is 2.84. The average molecular weight is 324 g/mol. The number of fused-ring (bicyclic) bond motifs is 1. The summed E-state index contributed by atoms with van der Waals surface area (Å²) in [5.74, 6) is 1.48. The van der Waals surface area contributed by atoms with Gasteiger partial charge in [-0.2, -0.15) is 0 Å². The number of H-pyrrole nitrogens is 1.